The lowest BCUT2D eigenvalue weighted by atomic mass is 10.4. The zero-order valence-electron chi connectivity index (χ0n) is 6.64. The highest BCUT2D eigenvalue weighted by atomic mass is 19.3. The predicted molar refractivity (Wildman–Crippen MR) is 38.6 cm³/mol. The number of alkyl halides is 4. The van der Waals surface area contributed by atoms with E-state index < -0.39 is 23.8 Å². The highest BCUT2D eigenvalue weighted by molar-refractivity contribution is 5.16. The quantitative estimate of drug-likeness (QED) is 0.771. The zero-order chi connectivity index (χ0) is 10.8. The van der Waals surface area contributed by atoms with E-state index in [-0.39, 0.29) is 0 Å². The molecule has 3 nitrogen and oxygen atoms in total. The predicted octanol–water partition coefficient (Wildman–Crippen LogP) is 1.61. The van der Waals surface area contributed by atoms with E-state index in [1.54, 1.807) is 0 Å². The van der Waals surface area contributed by atoms with Gasteiger partial charge < -0.3 is 9.72 Å². The summed E-state index contributed by atoms with van der Waals surface area (Å²) in [4.78, 5) is 12.5. The van der Waals surface area contributed by atoms with Gasteiger partial charge in [0.15, 0.2) is 0 Å². The smallest absolute Gasteiger partial charge is 0.427 e. The van der Waals surface area contributed by atoms with Gasteiger partial charge in [0.25, 0.3) is 0 Å². The lowest BCUT2D eigenvalue weighted by Crippen LogP contribution is -2.33. The second-order valence-corrected chi connectivity index (χ2v) is 2.35. The molecule has 1 aromatic heterocycles. The molecule has 0 spiro atoms. The fourth-order valence-corrected chi connectivity index (χ4v) is 0.661. The molecule has 0 saturated carbocycles. The van der Waals surface area contributed by atoms with E-state index in [4.69, 9.17) is 0 Å². The normalized spacial score (nSPS) is 11.8. The van der Waals surface area contributed by atoms with Crippen molar-refractivity contribution in [2.45, 2.75) is 12.5 Å². The van der Waals surface area contributed by atoms with Crippen molar-refractivity contribution in [1.29, 1.82) is 0 Å². The van der Waals surface area contributed by atoms with Crippen molar-refractivity contribution in [2.75, 3.05) is 0 Å². The molecule has 0 atom stereocenters. The largest absolute Gasteiger partial charge is 0.461 e. The van der Waals surface area contributed by atoms with Crippen molar-refractivity contribution in [3.8, 4) is 5.75 Å². The number of halogens is 4. The highest BCUT2D eigenvalue weighted by Gasteiger charge is 2.43. The molecule has 78 valence electrons. The molecule has 0 amide bonds. The van der Waals surface area contributed by atoms with Gasteiger partial charge in [-0.05, 0) is 6.07 Å². The first-order chi connectivity index (χ1) is 6.42. The lowest BCUT2D eigenvalue weighted by molar-refractivity contribution is -0.253. The maximum absolute atomic E-state index is 12.3. The van der Waals surface area contributed by atoms with Gasteiger partial charge in [0.1, 0.15) is 5.75 Å². The van der Waals surface area contributed by atoms with E-state index in [2.05, 4.69) is 4.74 Å². The Labute approximate surface area is 75.3 Å². The first-order valence-electron chi connectivity index (χ1n) is 3.45. The molecule has 1 heterocycles. The van der Waals surface area contributed by atoms with Crippen molar-refractivity contribution in [3.05, 3.63) is 28.7 Å². The molecule has 0 aliphatic carbocycles. The van der Waals surface area contributed by atoms with Gasteiger partial charge in [-0.2, -0.15) is 17.6 Å². The van der Waals surface area contributed by atoms with Gasteiger partial charge in [-0.15, -0.1) is 0 Å². The monoisotopic (exact) mass is 211 g/mol. The Morgan fingerprint density at radius 1 is 1.36 bits per heavy atom. The minimum absolute atomic E-state index is 0.532. The van der Waals surface area contributed by atoms with E-state index in [9.17, 15) is 22.4 Å². The molecule has 0 saturated heterocycles. The van der Waals surface area contributed by atoms with Crippen molar-refractivity contribution >= 4 is 0 Å². The fourth-order valence-electron chi connectivity index (χ4n) is 0.661. The number of H-pyrrole nitrogens is 1. The van der Waals surface area contributed by atoms with Crippen LogP contribution in [0.1, 0.15) is 0 Å². The third-order valence-corrected chi connectivity index (χ3v) is 1.26. The molecule has 7 heteroatoms. The van der Waals surface area contributed by atoms with Crippen molar-refractivity contribution in [1.82, 2.24) is 4.98 Å². The average Bonchev–Trinajstić information content (AvgIpc) is 2.08. The van der Waals surface area contributed by atoms with Crippen LogP contribution in [0.25, 0.3) is 0 Å². The van der Waals surface area contributed by atoms with Crippen LogP contribution in [0.2, 0.25) is 0 Å². The van der Waals surface area contributed by atoms with Crippen molar-refractivity contribution < 1.29 is 22.3 Å². The highest BCUT2D eigenvalue weighted by Crippen LogP contribution is 2.26. The summed E-state index contributed by atoms with van der Waals surface area (Å²) in [6.45, 7) is 0. The summed E-state index contributed by atoms with van der Waals surface area (Å²) < 4.78 is 51.5. The Morgan fingerprint density at radius 2 is 2.00 bits per heavy atom. The molecular weight excluding hydrogens is 206 g/mol. The minimum Gasteiger partial charge on any atom is -0.427 e. The van der Waals surface area contributed by atoms with Crippen LogP contribution in [-0.2, 0) is 0 Å². The Hall–Kier alpha value is -1.53. The summed E-state index contributed by atoms with van der Waals surface area (Å²) in [6, 6.07) is 1.76. The van der Waals surface area contributed by atoms with Gasteiger partial charge in [0.05, 0.1) is 0 Å². The Bertz CT molecular complexity index is 342. The maximum atomic E-state index is 12.3. The van der Waals surface area contributed by atoms with Gasteiger partial charge >= 0.3 is 12.5 Å². The van der Waals surface area contributed by atoms with Crippen LogP contribution in [0, 0.1) is 0 Å². The molecule has 0 aromatic carbocycles. The first-order valence-corrected chi connectivity index (χ1v) is 3.45. The summed E-state index contributed by atoms with van der Waals surface area (Å²) in [6.07, 6.45) is -7.70. The third-order valence-electron chi connectivity index (χ3n) is 1.26. The topological polar surface area (TPSA) is 42.1 Å². The number of rotatable bonds is 3. The maximum Gasteiger partial charge on any atom is 0.461 e. The standard InChI is InChI=1S/C7H5F4NO2/c8-6(9)7(10,11)14-4-1-2-5(13)12-3-4/h1-3,6H,(H,12,13). The Kier molecular flexibility index (Phi) is 2.78. The SMILES string of the molecule is O=c1ccc(OC(F)(F)C(F)F)c[nH]1. The van der Waals surface area contributed by atoms with Gasteiger partial charge in [0, 0.05) is 12.3 Å². The van der Waals surface area contributed by atoms with Crippen LogP contribution in [0.5, 0.6) is 5.75 Å². The Morgan fingerprint density at radius 3 is 2.43 bits per heavy atom. The first kappa shape index (κ1) is 10.6. The van der Waals surface area contributed by atoms with E-state index in [1.165, 1.54) is 0 Å². The van der Waals surface area contributed by atoms with E-state index >= 15 is 0 Å². The van der Waals surface area contributed by atoms with Crippen LogP contribution in [0.4, 0.5) is 17.6 Å². The van der Waals surface area contributed by atoms with Crippen LogP contribution in [0.3, 0.4) is 0 Å². The number of hydrogen-bond donors (Lipinski definition) is 1. The van der Waals surface area contributed by atoms with Crippen LogP contribution in [-0.4, -0.2) is 17.5 Å². The van der Waals surface area contributed by atoms with Crippen LogP contribution >= 0.6 is 0 Å². The second-order valence-electron chi connectivity index (χ2n) is 2.35. The summed E-state index contributed by atoms with van der Waals surface area (Å²) in [5, 5.41) is 0. The number of hydrogen-bond acceptors (Lipinski definition) is 2. The molecule has 0 aliphatic rings. The number of aromatic nitrogens is 1. The van der Waals surface area contributed by atoms with Gasteiger partial charge in [-0.3, -0.25) is 4.79 Å². The summed E-state index contributed by atoms with van der Waals surface area (Å²) in [5.74, 6) is -0.532. The Balaban J connectivity index is 2.79. The van der Waals surface area contributed by atoms with Gasteiger partial charge in [-0.1, -0.05) is 0 Å². The number of pyridine rings is 1. The molecule has 0 aliphatic heterocycles. The fraction of sp³-hybridized carbons (Fsp3) is 0.286. The van der Waals surface area contributed by atoms with E-state index in [0.29, 0.717) is 0 Å². The van der Waals surface area contributed by atoms with Gasteiger partial charge in [0.2, 0.25) is 5.56 Å². The number of ether oxygens (including phenoxy) is 1. The van der Waals surface area contributed by atoms with E-state index in [1.807, 2.05) is 4.98 Å². The molecule has 0 radical (unpaired) electrons. The minimum atomic E-state index is -4.56. The number of nitrogens with one attached hydrogen (secondary N) is 1. The molecule has 0 bridgehead atoms. The molecule has 1 rings (SSSR count). The van der Waals surface area contributed by atoms with Crippen molar-refractivity contribution in [2.24, 2.45) is 0 Å². The molecule has 0 unspecified atom stereocenters. The van der Waals surface area contributed by atoms with Crippen LogP contribution in [0.15, 0.2) is 23.1 Å². The average molecular weight is 211 g/mol. The summed E-state index contributed by atoms with van der Waals surface area (Å²) in [5.41, 5.74) is -0.544. The molecule has 14 heavy (non-hydrogen) atoms. The molecule has 0 fully saturated rings. The number of aromatic amines is 1. The zero-order valence-corrected chi connectivity index (χ0v) is 6.64. The second kappa shape index (κ2) is 3.69. The van der Waals surface area contributed by atoms with Crippen LogP contribution < -0.4 is 10.3 Å². The summed E-state index contributed by atoms with van der Waals surface area (Å²) in [7, 11) is 0. The van der Waals surface area contributed by atoms with E-state index in [0.717, 1.165) is 18.3 Å². The third kappa shape index (κ3) is 2.48. The lowest BCUT2D eigenvalue weighted by Gasteiger charge is -2.16. The summed E-state index contributed by atoms with van der Waals surface area (Å²) >= 11 is 0. The van der Waals surface area contributed by atoms with Crippen molar-refractivity contribution in [3.63, 3.8) is 0 Å². The van der Waals surface area contributed by atoms with Gasteiger partial charge in [-0.25, -0.2) is 0 Å². The molecular formula is C7H5F4NO2. The molecule has 1 N–H and O–H groups in total. The molecule has 1 aromatic rings.